The van der Waals surface area contributed by atoms with E-state index < -0.39 is 5.91 Å². The molecule has 5 nitrogen and oxygen atoms in total. The Hall–Kier alpha value is -2.78. The summed E-state index contributed by atoms with van der Waals surface area (Å²) in [6.07, 6.45) is 1.53. The van der Waals surface area contributed by atoms with Gasteiger partial charge in [0.25, 0.3) is 5.91 Å². The van der Waals surface area contributed by atoms with Crippen molar-refractivity contribution in [3.05, 3.63) is 57.1 Å². The van der Waals surface area contributed by atoms with Gasteiger partial charge in [-0.05, 0) is 84.6 Å². The maximum Gasteiger partial charge on any atom is 0.266 e. The number of halogens is 1. The van der Waals surface area contributed by atoms with Gasteiger partial charge in [-0.25, -0.2) is 0 Å². The van der Waals surface area contributed by atoms with E-state index in [0.717, 1.165) is 11.1 Å². The second kappa shape index (κ2) is 9.95. The van der Waals surface area contributed by atoms with Crippen LogP contribution in [0.15, 0.2) is 40.4 Å². The summed E-state index contributed by atoms with van der Waals surface area (Å²) in [4.78, 5) is 12.6. The lowest BCUT2D eigenvalue weighted by Gasteiger charge is -2.14. The van der Waals surface area contributed by atoms with Crippen molar-refractivity contribution in [2.45, 2.75) is 27.7 Å². The predicted octanol–water partition coefficient (Wildman–Crippen LogP) is 5.41. The van der Waals surface area contributed by atoms with Crippen molar-refractivity contribution in [2.75, 3.05) is 18.5 Å². The quantitative estimate of drug-likeness (QED) is 0.459. The molecule has 0 unspecified atom stereocenters. The molecule has 0 aliphatic heterocycles. The lowest BCUT2D eigenvalue weighted by molar-refractivity contribution is -0.112. The second-order valence-electron chi connectivity index (χ2n) is 6.14. The number of benzene rings is 2. The van der Waals surface area contributed by atoms with E-state index >= 15 is 0 Å². The van der Waals surface area contributed by atoms with Gasteiger partial charge >= 0.3 is 0 Å². The summed E-state index contributed by atoms with van der Waals surface area (Å²) in [5.74, 6) is 0.691. The molecule has 2 rings (SSSR count). The number of nitrogens with one attached hydrogen (secondary N) is 1. The number of rotatable bonds is 7. The van der Waals surface area contributed by atoms with Gasteiger partial charge in [0, 0.05) is 5.69 Å². The van der Waals surface area contributed by atoms with Gasteiger partial charge < -0.3 is 14.8 Å². The number of hydrogen-bond acceptors (Lipinski definition) is 4. The highest BCUT2D eigenvalue weighted by Crippen LogP contribution is 2.37. The molecular formula is C22H23BrN2O3. The molecule has 0 fully saturated rings. The van der Waals surface area contributed by atoms with Crippen LogP contribution in [0, 0.1) is 25.2 Å². The van der Waals surface area contributed by atoms with E-state index in [4.69, 9.17) is 9.47 Å². The number of anilines is 1. The van der Waals surface area contributed by atoms with Crippen LogP contribution in [0.25, 0.3) is 6.08 Å². The minimum Gasteiger partial charge on any atom is -0.490 e. The Labute approximate surface area is 174 Å². The third kappa shape index (κ3) is 5.37. The summed E-state index contributed by atoms with van der Waals surface area (Å²) in [6, 6.07) is 11.3. The highest BCUT2D eigenvalue weighted by molar-refractivity contribution is 9.10. The standard InChI is InChI=1S/C22H23BrN2O3/c1-5-27-20-12-16(11-18(23)21(20)28-6-2)10-17(13-24)22(26)25-19-9-14(3)7-8-15(19)4/h7-12H,5-6H2,1-4H3,(H,25,26). The van der Waals surface area contributed by atoms with Crippen molar-refractivity contribution < 1.29 is 14.3 Å². The number of nitriles is 1. The molecule has 0 heterocycles. The molecule has 1 amide bonds. The first-order valence-corrected chi connectivity index (χ1v) is 9.78. The molecule has 0 spiro atoms. The molecule has 1 N–H and O–H groups in total. The zero-order valence-electron chi connectivity index (χ0n) is 16.4. The molecule has 0 saturated carbocycles. The van der Waals surface area contributed by atoms with E-state index in [1.807, 2.05) is 52.0 Å². The van der Waals surface area contributed by atoms with Gasteiger partial charge in [-0.15, -0.1) is 0 Å². The average molecular weight is 443 g/mol. The highest BCUT2D eigenvalue weighted by atomic mass is 79.9. The Morgan fingerprint density at radius 1 is 1.18 bits per heavy atom. The maximum absolute atomic E-state index is 12.6. The SMILES string of the molecule is CCOc1cc(C=C(C#N)C(=O)Nc2cc(C)ccc2C)cc(Br)c1OCC. The van der Waals surface area contributed by atoms with Crippen LogP contribution in [-0.4, -0.2) is 19.1 Å². The number of ether oxygens (including phenoxy) is 2. The van der Waals surface area contributed by atoms with Crippen LogP contribution < -0.4 is 14.8 Å². The van der Waals surface area contributed by atoms with Crippen molar-refractivity contribution in [1.82, 2.24) is 0 Å². The van der Waals surface area contributed by atoms with Gasteiger partial charge in [0.15, 0.2) is 11.5 Å². The van der Waals surface area contributed by atoms with Gasteiger partial charge in [-0.1, -0.05) is 12.1 Å². The first-order valence-electron chi connectivity index (χ1n) is 8.99. The van der Waals surface area contributed by atoms with E-state index in [9.17, 15) is 10.1 Å². The van der Waals surface area contributed by atoms with Gasteiger partial charge in [-0.3, -0.25) is 4.79 Å². The van der Waals surface area contributed by atoms with Gasteiger partial charge in [0.1, 0.15) is 11.6 Å². The first-order chi connectivity index (χ1) is 13.4. The molecule has 0 aliphatic rings. The third-order valence-electron chi connectivity index (χ3n) is 3.94. The van der Waals surface area contributed by atoms with Gasteiger partial charge in [0.2, 0.25) is 0 Å². The van der Waals surface area contributed by atoms with E-state index in [-0.39, 0.29) is 5.57 Å². The van der Waals surface area contributed by atoms with Crippen molar-refractivity contribution in [3.63, 3.8) is 0 Å². The summed E-state index contributed by atoms with van der Waals surface area (Å²) in [5, 5.41) is 12.3. The van der Waals surface area contributed by atoms with Crippen LogP contribution in [0.1, 0.15) is 30.5 Å². The summed E-state index contributed by atoms with van der Waals surface area (Å²) < 4.78 is 12.0. The normalized spacial score (nSPS) is 10.9. The van der Waals surface area contributed by atoms with Gasteiger partial charge in [0.05, 0.1) is 17.7 Å². The fourth-order valence-electron chi connectivity index (χ4n) is 2.59. The van der Waals surface area contributed by atoms with Crippen molar-refractivity contribution in [2.24, 2.45) is 0 Å². The molecule has 0 saturated heterocycles. The number of aryl methyl sites for hydroxylation is 2. The lowest BCUT2D eigenvalue weighted by atomic mass is 10.1. The molecular weight excluding hydrogens is 420 g/mol. The van der Waals surface area contributed by atoms with Crippen molar-refractivity contribution >= 4 is 33.6 Å². The smallest absolute Gasteiger partial charge is 0.266 e. The Kier molecular flexibility index (Phi) is 7.65. The molecule has 0 aromatic heterocycles. The number of carbonyl (C=O) groups is 1. The zero-order chi connectivity index (χ0) is 20.7. The molecule has 2 aromatic rings. The fraction of sp³-hybridized carbons (Fsp3) is 0.273. The van der Waals surface area contributed by atoms with Crippen LogP contribution in [0.4, 0.5) is 5.69 Å². The summed E-state index contributed by atoms with van der Waals surface area (Å²) >= 11 is 3.47. The van der Waals surface area contributed by atoms with Crippen LogP contribution in [0.3, 0.4) is 0 Å². The molecule has 6 heteroatoms. The molecule has 0 bridgehead atoms. The van der Waals surface area contributed by atoms with Crippen LogP contribution in [0.5, 0.6) is 11.5 Å². The Bertz CT molecular complexity index is 946. The topological polar surface area (TPSA) is 71.3 Å². The van der Waals surface area contributed by atoms with Crippen LogP contribution >= 0.6 is 15.9 Å². The summed E-state index contributed by atoms with van der Waals surface area (Å²) in [6.45, 7) is 8.59. The fourth-order valence-corrected chi connectivity index (χ4v) is 3.17. The van der Waals surface area contributed by atoms with E-state index in [0.29, 0.717) is 40.4 Å². The second-order valence-corrected chi connectivity index (χ2v) is 6.99. The average Bonchev–Trinajstić information content (AvgIpc) is 2.65. The van der Waals surface area contributed by atoms with E-state index in [1.165, 1.54) is 6.08 Å². The minimum absolute atomic E-state index is 0.000542. The third-order valence-corrected chi connectivity index (χ3v) is 4.53. The molecule has 28 heavy (non-hydrogen) atoms. The minimum atomic E-state index is -0.459. The molecule has 0 aliphatic carbocycles. The highest BCUT2D eigenvalue weighted by Gasteiger charge is 2.14. The van der Waals surface area contributed by atoms with Gasteiger partial charge in [-0.2, -0.15) is 5.26 Å². The largest absolute Gasteiger partial charge is 0.490 e. The van der Waals surface area contributed by atoms with Crippen molar-refractivity contribution in [3.8, 4) is 17.6 Å². The van der Waals surface area contributed by atoms with E-state index in [2.05, 4.69) is 21.2 Å². The first kappa shape index (κ1) is 21.5. The number of carbonyl (C=O) groups excluding carboxylic acids is 1. The van der Waals surface area contributed by atoms with Crippen molar-refractivity contribution in [1.29, 1.82) is 5.26 Å². The monoisotopic (exact) mass is 442 g/mol. The maximum atomic E-state index is 12.6. The molecule has 2 aromatic carbocycles. The number of nitrogens with zero attached hydrogens (tertiary/aromatic N) is 1. The van der Waals surface area contributed by atoms with Crippen LogP contribution in [-0.2, 0) is 4.79 Å². The summed E-state index contributed by atoms with van der Waals surface area (Å²) in [7, 11) is 0. The molecule has 146 valence electrons. The molecule has 0 atom stereocenters. The zero-order valence-corrected chi connectivity index (χ0v) is 18.0. The Morgan fingerprint density at radius 3 is 2.54 bits per heavy atom. The predicted molar refractivity (Wildman–Crippen MR) is 115 cm³/mol. The van der Waals surface area contributed by atoms with Crippen LogP contribution in [0.2, 0.25) is 0 Å². The molecule has 0 radical (unpaired) electrons. The summed E-state index contributed by atoms with van der Waals surface area (Å²) in [5.41, 5.74) is 3.30. The Morgan fingerprint density at radius 2 is 1.89 bits per heavy atom. The number of hydrogen-bond donors (Lipinski definition) is 1. The Balaban J connectivity index is 2.36. The van der Waals surface area contributed by atoms with E-state index in [1.54, 1.807) is 12.1 Å². The number of amides is 1. The lowest BCUT2D eigenvalue weighted by Crippen LogP contribution is -2.14.